The van der Waals surface area contributed by atoms with E-state index in [-0.39, 0.29) is 6.17 Å². The monoisotopic (exact) mass is 760 g/mol. The Morgan fingerprint density at radius 3 is 2.33 bits per heavy atom. The second kappa shape index (κ2) is 16.9. The summed E-state index contributed by atoms with van der Waals surface area (Å²) in [7, 11) is 0. The maximum absolute atomic E-state index is 5.41. The maximum Gasteiger partial charge on any atom is 0.150 e. The lowest BCUT2D eigenvalue weighted by Crippen LogP contribution is -2.40. The molecule has 0 fully saturated rings. The number of fused-ring (bicyclic) bond motifs is 1. The first-order valence-corrected chi connectivity index (χ1v) is 22.3. The SMILES string of the molecule is C1=CCC(c2cc(C3=CC=C(C4=NC(C5C=CC(C6CC=CCC6)CC5)N=C(C5=CCC(C6=CCCC=C6)C=C5)N4)CC3)cnc2-c2cccc3c2C=CCC3)C=C1. The molecule has 1 N–H and O–H groups in total. The first-order chi connectivity index (χ1) is 28.7. The minimum atomic E-state index is -0.118. The Morgan fingerprint density at radius 1 is 0.638 bits per heavy atom. The molecule has 1 aromatic heterocycles. The van der Waals surface area contributed by atoms with Crippen LogP contribution in [0.15, 0.2) is 160 Å². The van der Waals surface area contributed by atoms with Crippen LogP contribution in [0.1, 0.15) is 105 Å². The molecule has 6 unspecified atom stereocenters. The van der Waals surface area contributed by atoms with Gasteiger partial charge in [-0.15, -0.1) is 0 Å². The fourth-order valence-electron chi connectivity index (χ4n) is 10.4. The van der Waals surface area contributed by atoms with Crippen LogP contribution in [0.25, 0.3) is 22.9 Å². The minimum absolute atomic E-state index is 0.118. The maximum atomic E-state index is 5.41. The number of amidine groups is 2. The van der Waals surface area contributed by atoms with Crippen molar-refractivity contribution < 1.29 is 0 Å². The molecule has 2 heterocycles. The van der Waals surface area contributed by atoms with Gasteiger partial charge in [0, 0.05) is 35.1 Å². The third-order valence-corrected chi connectivity index (χ3v) is 13.8. The molecule has 58 heavy (non-hydrogen) atoms. The molecule has 0 bridgehead atoms. The van der Waals surface area contributed by atoms with Crippen LogP contribution < -0.4 is 5.32 Å². The van der Waals surface area contributed by atoms with Gasteiger partial charge in [-0.3, -0.25) is 4.98 Å². The zero-order valence-corrected chi connectivity index (χ0v) is 33.8. The lowest BCUT2D eigenvalue weighted by molar-refractivity contribution is 0.301. The molecule has 0 radical (unpaired) electrons. The van der Waals surface area contributed by atoms with E-state index in [2.05, 4.69) is 145 Å². The number of nitrogens with zero attached hydrogens (tertiary/aromatic N) is 3. The van der Waals surface area contributed by atoms with Crippen LogP contribution in [0.2, 0.25) is 0 Å². The Bertz CT molecular complexity index is 2340. The van der Waals surface area contributed by atoms with Gasteiger partial charge in [0.05, 0.1) is 5.69 Å². The fourth-order valence-corrected chi connectivity index (χ4v) is 10.4. The Kier molecular flexibility index (Phi) is 10.7. The Hall–Kier alpha value is -5.35. The summed E-state index contributed by atoms with van der Waals surface area (Å²) in [6, 6.07) is 9.19. The molecular formula is C54H56N4. The summed E-state index contributed by atoms with van der Waals surface area (Å²) in [5, 5.41) is 3.76. The van der Waals surface area contributed by atoms with E-state index < -0.39 is 0 Å². The van der Waals surface area contributed by atoms with E-state index in [0.29, 0.717) is 23.7 Å². The Morgan fingerprint density at radius 2 is 1.53 bits per heavy atom. The van der Waals surface area contributed by atoms with Crippen LogP contribution in [-0.4, -0.2) is 22.8 Å². The summed E-state index contributed by atoms with van der Waals surface area (Å²) in [5.41, 5.74) is 12.9. The van der Waals surface area contributed by atoms with Crippen molar-refractivity contribution in [2.45, 2.75) is 95.6 Å². The number of aromatic nitrogens is 1. The minimum Gasteiger partial charge on any atom is -0.325 e. The smallest absolute Gasteiger partial charge is 0.150 e. The molecule has 0 spiro atoms. The third-order valence-electron chi connectivity index (χ3n) is 13.8. The highest BCUT2D eigenvalue weighted by atomic mass is 15.2. The van der Waals surface area contributed by atoms with E-state index in [4.69, 9.17) is 15.0 Å². The number of hydrogen-bond acceptors (Lipinski definition) is 4. The molecule has 2 aromatic rings. The average molecular weight is 761 g/mol. The molecule has 1 aromatic carbocycles. The summed E-state index contributed by atoms with van der Waals surface area (Å²) >= 11 is 0. The molecule has 0 amide bonds. The number of aryl methyl sites for hydroxylation is 1. The number of hydrogen-bond donors (Lipinski definition) is 1. The number of nitrogens with one attached hydrogen (secondary N) is 1. The normalized spacial score (nSPS) is 28.8. The highest BCUT2D eigenvalue weighted by Gasteiger charge is 2.31. The first-order valence-electron chi connectivity index (χ1n) is 22.3. The third kappa shape index (κ3) is 7.78. The van der Waals surface area contributed by atoms with Crippen molar-refractivity contribution in [3.05, 3.63) is 173 Å². The zero-order valence-electron chi connectivity index (χ0n) is 33.8. The van der Waals surface area contributed by atoms with Crippen molar-refractivity contribution in [1.29, 1.82) is 0 Å². The second-order valence-electron chi connectivity index (χ2n) is 17.4. The number of allylic oxidation sites excluding steroid dienone is 17. The topological polar surface area (TPSA) is 49.6 Å². The highest BCUT2D eigenvalue weighted by molar-refractivity contribution is 6.17. The predicted molar refractivity (Wildman–Crippen MR) is 243 cm³/mol. The highest BCUT2D eigenvalue weighted by Crippen LogP contribution is 2.40. The van der Waals surface area contributed by atoms with Gasteiger partial charge >= 0.3 is 0 Å². The second-order valence-corrected chi connectivity index (χ2v) is 17.4. The van der Waals surface area contributed by atoms with E-state index in [1.807, 2.05) is 0 Å². The van der Waals surface area contributed by atoms with Gasteiger partial charge in [0.1, 0.15) is 11.7 Å². The number of benzene rings is 1. The molecule has 8 aliphatic rings. The molecule has 10 rings (SSSR count). The molecular weight excluding hydrogens is 705 g/mol. The van der Waals surface area contributed by atoms with Gasteiger partial charge in [0.25, 0.3) is 0 Å². The lowest BCUT2D eigenvalue weighted by Gasteiger charge is -2.33. The zero-order chi connectivity index (χ0) is 38.7. The van der Waals surface area contributed by atoms with Gasteiger partial charge in [-0.2, -0.15) is 0 Å². The van der Waals surface area contributed by atoms with Crippen molar-refractivity contribution in [2.75, 3.05) is 0 Å². The van der Waals surface area contributed by atoms with E-state index in [1.54, 1.807) is 0 Å². The summed E-state index contributed by atoms with van der Waals surface area (Å²) < 4.78 is 0. The fraction of sp³-hybridized carbons (Fsp3) is 0.352. The average Bonchev–Trinajstić information content (AvgIpc) is 3.32. The van der Waals surface area contributed by atoms with E-state index in [0.717, 1.165) is 81.1 Å². The van der Waals surface area contributed by atoms with Gasteiger partial charge in [0.15, 0.2) is 6.17 Å². The quantitative estimate of drug-likeness (QED) is 0.272. The van der Waals surface area contributed by atoms with Gasteiger partial charge in [-0.1, -0.05) is 128 Å². The lowest BCUT2D eigenvalue weighted by atomic mass is 9.75. The van der Waals surface area contributed by atoms with Gasteiger partial charge < -0.3 is 5.32 Å². The van der Waals surface area contributed by atoms with Gasteiger partial charge in [-0.05, 0) is 140 Å². The molecule has 7 aliphatic carbocycles. The summed E-state index contributed by atoms with van der Waals surface area (Å²) in [6.07, 6.45) is 58.6. The first kappa shape index (κ1) is 37.0. The van der Waals surface area contributed by atoms with Crippen LogP contribution in [-0.2, 0) is 6.42 Å². The molecule has 1 aliphatic heterocycles. The molecule has 4 nitrogen and oxygen atoms in total. The standard InChI is InChI=1S/C54H56N4/c1-4-13-37(14-5-1)39-23-29-44(30-24-39)52-56-53(45-31-25-40(26-32-45)38-15-6-2-7-16-38)58-54(57-52)46-33-27-41(28-34-46)47-35-50(43-17-8-3-9-18-43)51(55-36-47)49-22-12-20-42-19-10-11-21-48(42)49/h1,3-4,6,8-9,11-12,15-17,20-23,25,27,29,31-33,35-37,39-40,43-44,52H,2,5,7,10,13-14,18-19,24,26,28,30,34H2,(H,56,57,58). The van der Waals surface area contributed by atoms with Crippen molar-refractivity contribution >= 4 is 23.3 Å². The molecule has 4 heteroatoms. The number of rotatable bonds is 8. The number of aliphatic imine (C=N–C) groups is 2. The van der Waals surface area contributed by atoms with E-state index >= 15 is 0 Å². The Balaban J connectivity index is 0.937. The van der Waals surface area contributed by atoms with E-state index in [9.17, 15) is 0 Å². The van der Waals surface area contributed by atoms with Crippen molar-refractivity contribution in [3.63, 3.8) is 0 Å². The van der Waals surface area contributed by atoms with Crippen molar-refractivity contribution in [3.8, 4) is 11.3 Å². The van der Waals surface area contributed by atoms with Gasteiger partial charge in [-0.25, -0.2) is 9.98 Å². The number of pyridine rings is 1. The predicted octanol–water partition coefficient (Wildman–Crippen LogP) is 12.9. The van der Waals surface area contributed by atoms with E-state index in [1.165, 1.54) is 75.8 Å². The molecule has 6 atom stereocenters. The molecule has 292 valence electrons. The molecule has 0 saturated heterocycles. The molecule has 0 saturated carbocycles. The van der Waals surface area contributed by atoms with Crippen LogP contribution in [0.4, 0.5) is 0 Å². The van der Waals surface area contributed by atoms with Crippen LogP contribution >= 0.6 is 0 Å². The summed E-state index contributed by atoms with van der Waals surface area (Å²) in [6.45, 7) is 0. The van der Waals surface area contributed by atoms with Crippen LogP contribution in [0.3, 0.4) is 0 Å². The summed E-state index contributed by atoms with van der Waals surface area (Å²) in [4.78, 5) is 16.1. The van der Waals surface area contributed by atoms with Gasteiger partial charge in [0.2, 0.25) is 0 Å². The van der Waals surface area contributed by atoms with Crippen LogP contribution in [0.5, 0.6) is 0 Å². The van der Waals surface area contributed by atoms with Crippen molar-refractivity contribution in [1.82, 2.24) is 10.3 Å². The Labute approximate surface area is 345 Å². The van der Waals surface area contributed by atoms with Crippen molar-refractivity contribution in [2.24, 2.45) is 33.7 Å². The van der Waals surface area contributed by atoms with Crippen LogP contribution in [0, 0.1) is 23.7 Å². The largest absolute Gasteiger partial charge is 0.325 e. The summed E-state index contributed by atoms with van der Waals surface area (Å²) in [5.74, 6) is 4.47.